The van der Waals surface area contributed by atoms with Gasteiger partial charge in [0.2, 0.25) is 5.69 Å². The van der Waals surface area contributed by atoms with Gasteiger partial charge < -0.3 is 14.7 Å². The minimum Gasteiger partial charge on any atom is -0.594 e. The molecule has 0 saturated carbocycles. The number of carbonyl (C=O) groups excluding carboxylic acids is 1. The van der Waals surface area contributed by atoms with Crippen molar-refractivity contribution in [3.05, 3.63) is 53.7 Å². The quantitative estimate of drug-likeness (QED) is 0.0437. The Labute approximate surface area is 214 Å². The Morgan fingerprint density at radius 2 is 1.49 bits per heavy atom. The van der Waals surface area contributed by atoms with Crippen LogP contribution in [0.25, 0.3) is 0 Å². The predicted octanol–water partition coefficient (Wildman–Crippen LogP) is 8.69. The molecule has 0 spiro atoms. The Kier molecular flexibility index (Phi) is 13.2. The van der Waals surface area contributed by atoms with E-state index in [-0.39, 0.29) is 5.92 Å². The molecule has 0 heterocycles. The predicted molar refractivity (Wildman–Crippen MR) is 141 cm³/mol. The Hall–Kier alpha value is -2.60. The molecule has 0 unspecified atom stereocenters. The number of ether oxygens (including phenoxy) is 2. The molecule has 0 amide bonds. The minimum atomic E-state index is -0.700. The summed E-state index contributed by atoms with van der Waals surface area (Å²) in [6, 6.07) is 13.3. The molecule has 0 saturated heterocycles. The fourth-order valence-corrected chi connectivity index (χ4v) is 3.67. The van der Waals surface area contributed by atoms with Crippen LogP contribution in [0.1, 0.15) is 78.6 Å². The van der Waals surface area contributed by atoms with Crippen LogP contribution in [0.3, 0.4) is 0 Å². The van der Waals surface area contributed by atoms with Crippen LogP contribution < -0.4 is 9.47 Å². The summed E-state index contributed by atoms with van der Waals surface area (Å²) in [6.07, 6.45) is 10.9. The summed E-state index contributed by atoms with van der Waals surface area (Å²) in [5, 5.41) is 15.8. The summed E-state index contributed by atoms with van der Waals surface area (Å²) in [6.45, 7) is 6.79. The molecule has 35 heavy (non-hydrogen) atoms. The summed E-state index contributed by atoms with van der Waals surface area (Å²) in [7, 11) is 0. The molecule has 0 radical (unpaired) electrons. The maximum Gasteiger partial charge on any atom is 0.329 e. The average molecular weight is 503 g/mol. The summed E-state index contributed by atoms with van der Waals surface area (Å²) < 4.78 is 11.1. The molecule has 0 aliphatic heterocycles. The molecular weight excluding hydrogens is 464 g/mol. The van der Waals surface area contributed by atoms with E-state index in [4.69, 9.17) is 21.1 Å². The van der Waals surface area contributed by atoms with E-state index in [9.17, 15) is 10.0 Å². The molecular formula is C28H39ClN2O4. The van der Waals surface area contributed by atoms with Crippen molar-refractivity contribution < 1.29 is 19.1 Å². The van der Waals surface area contributed by atoms with Gasteiger partial charge in [-0.05, 0) is 48.7 Å². The zero-order valence-electron chi connectivity index (χ0n) is 21.2. The van der Waals surface area contributed by atoms with Crippen LogP contribution in [-0.2, 0) is 4.79 Å². The van der Waals surface area contributed by atoms with E-state index < -0.39 is 11.3 Å². The number of azo groups is 1. The van der Waals surface area contributed by atoms with Gasteiger partial charge in [-0.1, -0.05) is 77.0 Å². The first-order valence-corrected chi connectivity index (χ1v) is 13.3. The normalized spacial score (nSPS) is 13.3. The monoisotopic (exact) mass is 502 g/mol. The first-order valence-electron chi connectivity index (χ1n) is 12.8. The van der Waals surface area contributed by atoms with Gasteiger partial charge in [-0.3, -0.25) is 4.79 Å². The lowest BCUT2D eigenvalue weighted by molar-refractivity contribution is -0.435. The van der Waals surface area contributed by atoms with Gasteiger partial charge in [0.25, 0.3) is 0 Å². The average Bonchev–Trinajstić information content (AvgIpc) is 2.88. The van der Waals surface area contributed by atoms with Crippen LogP contribution in [0.15, 0.2) is 53.6 Å². The molecule has 2 aromatic carbocycles. The third-order valence-electron chi connectivity index (χ3n) is 5.95. The van der Waals surface area contributed by atoms with Crippen LogP contribution in [0, 0.1) is 11.1 Å². The van der Waals surface area contributed by atoms with Gasteiger partial charge in [0, 0.05) is 17.2 Å². The van der Waals surface area contributed by atoms with Crippen LogP contribution in [0.5, 0.6) is 11.5 Å². The second-order valence-corrected chi connectivity index (χ2v) is 9.36. The standard InChI is InChI=1S/C28H39ClN2O4/c1-4-6-7-8-9-10-11-12-21-34-25-19-15-24(16-20-25)31(33)30-23-13-17-26(18-14-23)35-28(32)27(29)22(3)5-2/h13-20,22,27H,4-12,21H2,1-3H3/t22-,27-/m0/s1. The molecule has 0 bridgehead atoms. The second-order valence-electron chi connectivity index (χ2n) is 8.89. The summed E-state index contributed by atoms with van der Waals surface area (Å²) in [4.78, 5) is 12.7. The zero-order valence-corrected chi connectivity index (χ0v) is 22.0. The van der Waals surface area contributed by atoms with Crippen LogP contribution in [0.4, 0.5) is 11.4 Å². The van der Waals surface area contributed by atoms with Crippen molar-refractivity contribution >= 4 is 28.9 Å². The van der Waals surface area contributed by atoms with E-state index in [1.807, 2.05) is 13.8 Å². The van der Waals surface area contributed by atoms with Gasteiger partial charge in [0.1, 0.15) is 22.6 Å². The van der Waals surface area contributed by atoms with E-state index >= 15 is 0 Å². The molecule has 0 aliphatic rings. The number of hydrogen-bond acceptors (Lipinski definition) is 5. The molecule has 6 nitrogen and oxygen atoms in total. The molecule has 0 fully saturated rings. The highest BCUT2D eigenvalue weighted by atomic mass is 35.5. The van der Waals surface area contributed by atoms with E-state index in [1.165, 1.54) is 44.9 Å². The number of rotatable bonds is 16. The maximum absolute atomic E-state index is 12.4. The molecule has 0 aromatic heterocycles. The fraction of sp³-hybridized carbons (Fsp3) is 0.536. The van der Waals surface area contributed by atoms with Crippen LogP contribution >= 0.6 is 11.6 Å². The van der Waals surface area contributed by atoms with Gasteiger partial charge >= 0.3 is 5.97 Å². The zero-order chi connectivity index (χ0) is 25.5. The minimum absolute atomic E-state index is 0.0226. The number of benzene rings is 2. The highest BCUT2D eigenvalue weighted by Gasteiger charge is 2.23. The van der Waals surface area contributed by atoms with Gasteiger partial charge in [0.05, 0.1) is 6.61 Å². The summed E-state index contributed by atoms with van der Waals surface area (Å²) >= 11 is 6.13. The van der Waals surface area contributed by atoms with Gasteiger partial charge in [-0.15, -0.1) is 11.6 Å². The van der Waals surface area contributed by atoms with Crippen molar-refractivity contribution in [2.24, 2.45) is 11.0 Å². The molecule has 2 atom stereocenters. The Bertz CT molecular complexity index is 900. The Morgan fingerprint density at radius 3 is 2.09 bits per heavy atom. The molecule has 2 aromatic rings. The second kappa shape index (κ2) is 16.1. The third kappa shape index (κ3) is 10.7. The van der Waals surface area contributed by atoms with Crippen molar-refractivity contribution in [1.82, 2.24) is 0 Å². The fourth-order valence-electron chi connectivity index (χ4n) is 3.45. The van der Waals surface area contributed by atoms with Crippen molar-refractivity contribution in [2.75, 3.05) is 6.61 Å². The molecule has 0 N–H and O–H groups in total. The third-order valence-corrected chi connectivity index (χ3v) is 6.56. The molecule has 2 rings (SSSR count). The molecule has 7 heteroatoms. The van der Waals surface area contributed by atoms with Gasteiger partial charge in [-0.25, -0.2) is 0 Å². The van der Waals surface area contributed by atoms with E-state index in [2.05, 4.69) is 12.0 Å². The largest absolute Gasteiger partial charge is 0.594 e. The number of carbonyl (C=O) groups is 1. The SMILES string of the molecule is CCCCCCCCCCOc1ccc([N+]([O-])=Nc2ccc(OC(=O)[C@@H](Cl)[C@@H](C)CC)cc2)cc1. The lowest BCUT2D eigenvalue weighted by Crippen LogP contribution is -2.26. The summed E-state index contributed by atoms with van der Waals surface area (Å²) in [5.41, 5.74) is 0.845. The van der Waals surface area contributed by atoms with Crippen molar-refractivity contribution in [2.45, 2.75) is 83.9 Å². The lowest BCUT2D eigenvalue weighted by Gasteiger charge is -2.14. The number of hydrogen-bond donors (Lipinski definition) is 0. The van der Waals surface area contributed by atoms with Gasteiger partial charge in [-0.2, -0.15) is 0 Å². The highest BCUT2D eigenvalue weighted by molar-refractivity contribution is 6.30. The van der Waals surface area contributed by atoms with Crippen molar-refractivity contribution in [1.29, 1.82) is 0 Å². The smallest absolute Gasteiger partial charge is 0.329 e. The number of alkyl halides is 1. The number of nitrogens with zero attached hydrogens (tertiary/aromatic N) is 2. The Balaban J connectivity index is 1.78. The number of unbranched alkanes of at least 4 members (excludes halogenated alkanes) is 7. The Morgan fingerprint density at radius 1 is 0.914 bits per heavy atom. The van der Waals surface area contributed by atoms with E-state index in [1.54, 1.807) is 48.5 Å². The van der Waals surface area contributed by atoms with Crippen LogP contribution in [-0.4, -0.2) is 22.8 Å². The maximum atomic E-state index is 12.4. The van der Waals surface area contributed by atoms with Crippen LogP contribution in [0.2, 0.25) is 0 Å². The van der Waals surface area contributed by atoms with E-state index in [0.29, 0.717) is 28.6 Å². The van der Waals surface area contributed by atoms with Gasteiger partial charge in [0.15, 0.2) is 0 Å². The first kappa shape index (κ1) is 28.6. The van der Waals surface area contributed by atoms with Crippen molar-refractivity contribution in [3.63, 3.8) is 0 Å². The van der Waals surface area contributed by atoms with Crippen molar-refractivity contribution in [3.8, 4) is 11.5 Å². The molecule has 0 aliphatic carbocycles. The molecule has 192 valence electrons. The first-order chi connectivity index (χ1) is 16.9. The topological polar surface area (TPSA) is 74.0 Å². The van der Waals surface area contributed by atoms with E-state index in [0.717, 1.165) is 18.6 Å². The summed E-state index contributed by atoms with van der Waals surface area (Å²) in [5.74, 6) is 0.639. The number of esters is 1. The lowest BCUT2D eigenvalue weighted by atomic mass is 10.1. The number of halogens is 1. The highest BCUT2D eigenvalue weighted by Crippen LogP contribution is 2.24.